The van der Waals surface area contributed by atoms with Gasteiger partial charge in [0.1, 0.15) is 4.21 Å². The Morgan fingerprint density at radius 2 is 1.76 bits per heavy atom. The van der Waals surface area contributed by atoms with E-state index in [0.29, 0.717) is 25.1 Å². The average Bonchev–Trinajstić information content (AvgIpc) is 3.36. The Balaban J connectivity index is 1.40. The summed E-state index contributed by atoms with van der Waals surface area (Å²) in [5.74, 6) is -0.865. The van der Waals surface area contributed by atoms with Crippen LogP contribution < -0.4 is 10.0 Å². The lowest BCUT2D eigenvalue weighted by molar-refractivity contribution is -0.120. The zero-order chi connectivity index (χ0) is 23.5. The van der Waals surface area contributed by atoms with Crippen LogP contribution >= 0.6 is 11.3 Å². The Hall–Kier alpha value is -2.87. The Morgan fingerprint density at radius 3 is 2.42 bits per heavy atom. The summed E-state index contributed by atoms with van der Waals surface area (Å²) in [6, 6.07) is 10.5. The highest BCUT2D eigenvalue weighted by molar-refractivity contribution is 7.92. The number of rotatable bonds is 7. The van der Waals surface area contributed by atoms with Crippen molar-refractivity contribution in [3.63, 3.8) is 0 Å². The highest BCUT2D eigenvalue weighted by Gasteiger charge is 2.33. The van der Waals surface area contributed by atoms with Crippen molar-refractivity contribution < 1.29 is 21.6 Å². The summed E-state index contributed by atoms with van der Waals surface area (Å²) in [5.41, 5.74) is 0.410. The van der Waals surface area contributed by atoms with Gasteiger partial charge < -0.3 is 5.32 Å². The Morgan fingerprint density at radius 1 is 1.03 bits per heavy atom. The second-order valence-electron chi connectivity index (χ2n) is 7.33. The van der Waals surface area contributed by atoms with Crippen LogP contribution in [0.15, 0.2) is 69.3 Å². The number of anilines is 2. The Kier molecular flexibility index (Phi) is 6.74. The number of thiophene rings is 1. The lowest BCUT2D eigenvalue weighted by atomic mass is 9.99. The van der Waals surface area contributed by atoms with Gasteiger partial charge in [0, 0.05) is 31.2 Å². The highest BCUT2D eigenvalue weighted by Crippen LogP contribution is 2.27. The molecule has 174 valence electrons. The van der Waals surface area contributed by atoms with Crippen LogP contribution in [-0.4, -0.2) is 50.1 Å². The maximum atomic E-state index is 12.8. The van der Waals surface area contributed by atoms with E-state index < -0.39 is 26.0 Å². The maximum Gasteiger partial charge on any atom is 0.264 e. The summed E-state index contributed by atoms with van der Waals surface area (Å²) in [4.78, 5) is 20.4. The summed E-state index contributed by atoms with van der Waals surface area (Å²) in [7, 11) is -7.50. The fourth-order valence-corrected chi connectivity index (χ4v) is 7.03. The predicted molar refractivity (Wildman–Crippen MR) is 124 cm³/mol. The normalized spacial score (nSPS) is 17.4. The van der Waals surface area contributed by atoms with Gasteiger partial charge in [-0.25, -0.2) is 31.5 Å². The number of hydrogen-bond acceptors (Lipinski definition) is 8. The number of sulfonamides is 2. The quantitative estimate of drug-likeness (QED) is 0.501. The molecule has 1 aliphatic heterocycles. The third kappa shape index (κ3) is 5.38. The first-order chi connectivity index (χ1) is 15.8. The number of nitrogens with one attached hydrogen (secondary N) is 2. The number of amides is 1. The molecule has 1 amide bonds. The largest absolute Gasteiger partial charge is 0.326 e. The molecule has 0 radical (unpaired) electrons. The number of carbonyl (C=O) groups excluding carboxylic acids is 1. The average molecular weight is 508 g/mol. The number of aromatic nitrogens is 2. The minimum Gasteiger partial charge on any atom is -0.326 e. The van der Waals surface area contributed by atoms with Crippen LogP contribution in [-0.2, 0) is 24.8 Å². The monoisotopic (exact) mass is 507 g/mol. The van der Waals surface area contributed by atoms with E-state index in [1.54, 1.807) is 23.6 Å². The van der Waals surface area contributed by atoms with Gasteiger partial charge in [-0.3, -0.25) is 4.79 Å². The Labute approximate surface area is 195 Å². The second kappa shape index (κ2) is 9.55. The summed E-state index contributed by atoms with van der Waals surface area (Å²) < 4.78 is 54.4. The number of piperidine rings is 1. The SMILES string of the molecule is O=C(Nc1ccc(S(=O)(=O)Nc2ncccn2)cc1)[C@H]1CCCN(S(=O)(=O)c2cccs2)C1. The van der Waals surface area contributed by atoms with E-state index in [-0.39, 0.29) is 27.5 Å². The molecule has 1 fully saturated rings. The lowest BCUT2D eigenvalue weighted by Gasteiger charge is -2.30. The van der Waals surface area contributed by atoms with Gasteiger partial charge in [-0.15, -0.1) is 11.3 Å². The smallest absolute Gasteiger partial charge is 0.264 e. The summed E-state index contributed by atoms with van der Waals surface area (Å²) >= 11 is 1.15. The van der Waals surface area contributed by atoms with Crippen LogP contribution in [0.5, 0.6) is 0 Å². The van der Waals surface area contributed by atoms with E-state index >= 15 is 0 Å². The molecule has 4 rings (SSSR count). The van der Waals surface area contributed by atoms with Crippen molar-refractivity contribution in [2.75, 3.05) is 23.1 Å². The van der Waals surface area contributed by atoms with Gasteiger partial charge in [0.25, 0.3) is 20.0 Å². The standard InChI is InChI=1S/C20H21N5O5S3/c26-19(15-4-1-12-25(14-15)33(29,30)18-5-2-13-31-18)23-16-6-8-17(9-7-16)32(27,28)24-20-21-10-3-11-22-20/h2-3,5-11,13,15H,1,4,12,14H2,(H,23,26)(H,21,22,24)/t15-/m0/s1. The molecule has 33 heavy (non-hydrogen) atoms. The Bertz CT molecular complexity index is 1310. The molecule has 1 aliphatic rings. The van der Waals surface area contributed by atoms with E-state index in [9.17, 15) is 21.6 Å². The summed E-state index contributed by atoms with van der Waals surface area (Å²) in [5, 5.41) is 4.45. The van der Waals surface area contributed by atoms with Gasteiger partial charge in [-0.2, -0.15) is 4.31 Å². The molecular formula is C20H21N5O5S3. The number of benzene rings is 1. The van der Waals surface area contributed by atoms with Crippen molar-refractivity contribution >= 4 is 48.9 Å². The van der Waals surface area contributed by atoms with E-state index in [4.69, 9.17) is 0 Å². The van der Waals surface area contributed by atoms with Crippen molar-refractivity contribution in [3.05, 3.63) is 60.2 Å². The van der Waals surface area contributed by atoms with E-state index in [0.717, 1.165) is 11.3 Å². The molecule has 2 N–H and O–H groups in total. The minimum absolute atomic E-state index is 0.0150. The van der Waals surface area contributed by atoms with Gasteiger partial charge in [0.05, 0.1) is 10.8 Å². The maximum absolute atomic E-state index is 12.8. The third-order valence-electron chi connectivity index (χ3n) is 5.07. The van der Waals surface area contributed by atoms with E-state index in [1.807, 2.05) is 0 Å². The number of hydrogen-bond donors (Lipinski definition) is 2. The number of nitrogens with zero attached hydrogens (tertiary/aromatic N) is 3. The van der Waals surface area contributed by atoms with Crippen LogP contribution in [0.25, 0.3) is 0 Å². The van der Waals surface area contributed by atoms with Crippen molar-refractivity contribution in [1.29, 1.82) is 0 Å². The molecule has 0 saturated carbocycles. The first-order valence-corrected chi connectivity index (χ1v) is 13.8. The first-order valence-electron chi connectivity index (χ1n) is 10.0. The lowest BCUT2D eigenvalue weighted by Crippen LogP contribution is -2.43. The molecule has 1 atom stereocenters. The number of carbonyl (C=O) groups is 1. The molecule has 0 aliphatic carbocycles. The predicted octanol–water partition coefficient (Wildman–Crippen LogP) is 2.38. The molecule has 0 unspecified atom stereocenters. The van der Waals surface area contributed by atoms with Crippen molar-refractivity contribution in [2.24, 2.45) is 5.92 Å². The van der Waals surface area contributed by atoms with E-state index in [1.165, 1.54) is 41.0 Å². The van der Waals surface area contributed by atoms with Crippen LogP contribution in [0.4, 0.5) is 11.6 Å². The summed E-state index contributed by atoms with van der Waals surface area (Å²) in [6.07, 6.45) is 3.98. The zero-order valence-corrected chi connectivity index (χ0v) is 19.7. The van der Waals surface area contributed by atoms with Gasteiger partial charge in [0.2, 0.25) is 11.9 Å². The highest BCUT2D eigenvalue weighted by atomic mass is 32.2. The molecule has 0 spiro atoms. The van der Waals surface area contributed by atoms with Crippen LogP contribution in [0.1, 0.15) is 12.8 Å². The molecule has 0 bridgehead atoms. The van der Waals surface area contributed by atoms with Crippen LogP contribution in [0.2, 0.25) is 0 Å². The molecule has 3 aromatic rings. The first kappa shape index (κ1) is 23.3. The van der Waals surface area contributed by atoms with Gasteiger partial charge in [-0.05, 0) is 54.6 Å². The fourth-order valence-electron chi connectivity index (χ4n) is 3.40. The third-order valence-corrected chi connectivity index (χ3v) is 9.65. The van der Waals surface area contributed by atoms with Crippen LogP contribution in [0.3, 0.4) is 0 Å². The second-order valence-corrected chi connectivity index (χ2v) is 12.1. The molecule has 10 nitrogen and oxygen atoms in total. The minimum atomic E-state index is -3.88. The molecule has 3 heterocycles. The zero-order valence-electron chi connectivity index (χ0n) is 17.3. The van der Waals surface area contributed by atoms with Crippen molar-refractivity contribution in [2.45, 2.75) is 21.9 Å². The summed E-state index contributed by atoms with van der Waals surface area (Å²) in [6.45, 7) is 0.466. The van der Waals surface area contributed by atoms with Crippen molar-refractivity contribution in [1.82, 2.24) is 14.3 Å². The topological polar surface area (TPSA) is 138 Å². The molecular weight excluding hydrogens is 486 g/mol. The molecule has 1 saturated heterocycles. The van der Waals surface area contributed by atoms with Crippen molar-refractivity contribution in [3.8, 4) is 0 Å². The van der Waals surface area contributed by atoms with Crippen LogP contribution in [0, 0.1) is 5.92 Å². The van der Waals surface area contributed by atoms with E-state index in [2.05, 4.69) is 20.0 Å². The molecule has 13 heteroatoms. The molecule has 2 aromatic heterocycles. The molecule has 1 aromatic carbocycles. The van der Waals surface area contributed by atoms with Gasteiger partial charge >= 0.3 is 0 Å². The van der Waals surface area contributed by atoms with Gasteiger partial charge in [0.15, 0.2) is 0 Å². The van der Waals surface area contributed by atoms with Gasteiger partial charge in [-0.1, -0.05) is 6.07 Å². The fraction of sp³-hybridized carbons (Fsp3) is 0.250.